The highest BCUT2D eigenvalue weighted by Crippen LogP contribution is 2.25. The van der Waals surface area contributed by atoms with Gasteiger partial charge >= 0.3 is 0 Å². The van der Waals surface area contributed by atoms with Gasteiger partial charge < -0.3 is 10.2 Å². The molecule has 0 fully saturated rings. The van der Waals surface area contributed by atoms with Crippen LogP contribution in [0.3, 0.4) is 0 Å². The molecule has 1 aromatic carbocycles. The van der Waals surface area contributed by atoms with Crippen molar-refractivity contribution in [3.05, 3.63) is 41.6 Å². The maximum Gasteiger partial charge on any atom is 0.238 e. The van der Waals surface area contributed by atoms with E-state index in [-0.39, 0.29) is 10.9 Å². The Morgan fingerprint density at radius 1 is 1.25 bits per heavy atom. The fourth-order valence-electron chi connectivity index (χ4n) is 2.76. The molecule has 2 aromatic rings. The summed E-state index contributed by atoms with van der Waals surface area (Å²) >= 11 is 0. The smallest absolute Gasteiger partial charge is 0.238 e. The molecule has 0 unspecified atom stereocenters. The Balaban J connectivity index is 1.87. The Bertz CT molecular complexity index is 851. The lowest BCUT2D eigenvalue weighted by Gasteiger charge is -2.30. The normalized spacial score (nSPS) is 14.6. The fourth-order valence-corrected chi connectivity index (χ4v) is 3.32. The van der Waals surface area contributed by atoms with Gasteiger partial charge in [-0.3, -0.25) is 0 Å². The molecule has 2 heterocycles. The van der Waals surface area contributed by atoms with Crippen molar-refractivity contribution >= 4 is 21.8 Å². The Hall–Kier alpha value is -2.19. The number of rotatable bonds is 4. The van der Waals surface area contributed by atoms with Crippen LogP contribution in [0.1, 0.15) is 25.0 Å². The molecular formula is C16H21N5O2S. The third-order valence-electron chi connectivity index (χ3n) is 3.90. The summed E-state index contributed by atoms with van der Waals surface area (Å²) in [7, 11) is -3.69. The van der Waals surface area contributed by atoms with Gasteiger partial charge in [-0.15, -0.1) is 0 Å². The van der Waals surface area contributed by atoms with E-state index < -0.39 is 10.0 Å². The van der Waals surface area contributed by atoms with E-state index in [1.54, 1.807) is 18.3 Å². The molecule has 1 aromatic heterocycles. The van der Waals surface area contributed by atoms with Gasteiger partial charge in [0.1, 0.15) is 5.82 Å². The molecule has 0 atom stereocenters. The molecule has 0 radical (unpaired) electrons. The molecule has 0 amide bonds. The average Bonchev–Trinajstić information content (AvgIpc) is 2.52. The van der Waals surface area contributed by atoms with Crippen molar-refractivity contribution in [2.75, 3.05) is 16.8 Å². The lowest BCUT2D eigenvalue weighted by Crippen LogP contribution is -2.31. The standard InChI is InChI=1S/C16H21N5O2S/c1-11(2)19-16-18-7-5-15(20-16)21-8-6-12-3-4-14(24(17,22)23)9-13(12)10-21/h3-5,7,9,11H,6,8,10H2,1-2H3,(H2,17,22,23)(H,18,19,20). The molecule has 0 saturated heterocycles. The number of aromatic nitrogens is 2. The second kappa shape index (κ2) is 6.37. The van der Waals surface area contributed by atoms with Crippen LogP contribution in [0, 0.1) is 0 Å². The van der Waals surface area contributed by atoms with Crippen LogP contribution in [-0.4, -0.2) is 31.0 Å². The van der Waals surface area contributed by atoms with Crippen molar-refractivity contribution in [2.24, 2.45) is 5.14 Å². The van der Waals surface area contributed by atoms with Gasteiger partial charge in [0.15, 0.2) is 0 Å². The van der Waals surface area contributed by atoms with Gasteiger partial charge in [0, 0.05) is 25.3 Å². The largest absolute Gasteiger partial charge is 0.352 e. The van der Waals surface area contributed by atoms with E-state index in [1.807, 2.05) is 26.0 Å². The zero-order chi connectivity index (χ0) is 17.3. The molecule has 3 rings (SSSR count). The predicted octanol–water partition coefficient (Wildman–Crippen LogP) is 1.51. The van der Waals surface area contributed by atoms with Crippen LogP contribution < -0.4 is 15.4 Å². The summed E-state index contributed by atoms with van der Waals surface area (Å²) in [4.78, 5) is 11.0. The minimum atomic E-state index is -3.69. The van der Waals surface area contributed by atoms with Crippen molar-refractivity contribution in [3.63, 3.8) is 0 Å². The van der Waals surface area contributed by atoms with Crippen molar-refractivity contribution in [2.45, 2.75) is 37.8 Å². The van der Waals surface area contributed by atoms with Gasteiger partial charge in [0.25, 0.3) is 0 Å². The molecule has 7 nitrogen and oxygen atoms in total. The molecule has 0 saturated carbocycles. The van der Waals surface area contributed by atoms with Crippen molar-refractivity contribution in [1.82, 2.24) is 9.97 Å². The highest BCUT2D eigenvalue weighted by atomic mass is 32.2. The molecule has 0 spiro atoms. The zero-order valence-corrected chi connectivity index (χ0v) is 14.5. The minimum Gasteiger partial charge on any atom is -0.352 e. The van der Waals surface area contributed by atoms with Crippen LogP contribution in [0.5, 0.6) is 0 Å². The molecular weight excluding hydrogens is 326 g/mol. The second-order valence-corrected chi connectivity index (χ2v) is 7.75. The highest BCUT2D eigenvalue weighted by molar-refractivity contribution is 7.89. The van der Waals surface area contributed by atoms with E-state index in [0.29, 0.717) is 12.5 Å². The number of fused-ring (bicyclic) bond motifs is 1. The van der Waals surface area contributed by atoms with Crippen LogP contribution in [0.4, 0.5) is 11.8 Å². The number of hydrogen-bond donors (Lipinski definition) is 2. The maximum absolute atomic E-state index is 11.6. The summed E-state index contributed by atoms with van der Waals surface area (Å²) in [5.41, 5.74) is 2.11. The van der Waals surface area contributed by atoms with Gasteiger partial charge in [0.05, 0.1) is 4.90 Å². The third-order valence-corrected chi connectivity index (χ3v) is 4.81. The summed E-state index contributed by atoms with van der Waals surface area (Å²) in [5.74, 6) is 1.41. The van der Waals surface area contributed by atoms with E-state index in [1.165, 1.54) is 0 Å². The molecule has 8 heteroatoms. The summed E-state index contributed by atoms with van der Waals surface area (Å²) < 4.78 is 23.1. The monoisotopic (exact) mass is 347 g/mol. The van der Waals surface area contributed by atoms with E-state index in [9.17, 15) is 8.42 Å². The van der Waals surface area contributed by atoms with E-state index >= 15 is 0 Å². The number of hydrogen-bond acceptors (Lipinski definition) is 6. The number of nitrogens with two attached hydrogens (primary N) is 1. The zero-order valence-electron chi connectivity index (χ0n) is 13.7. The number of nitrogens with one attached hydrogen (secondary N) is 1. The van der Waals surface area contributed by atoms with Crippen molar-refractivity contribution in [1.29, 1.82) is 0 Å². The molecule has 24 heavy (non-hydrogen) atoms. The number of anilines is 2. The SMILES string of the molecule is CC(C)Nc1nccc(N2CCc3ccc(S(N)(=O)=O)cc3C2)n1. The van der Waals surface area contributed by atoms with Gasteiger partial charge in [-0.1, -0.05) is 6.07 Å². The van der Waals surface area contributed by atoms with E-state index in [0.717, 1.165) is 29.9 Å². The summed E-state index contributed by atoms with van der Waals surface area (Å²) in [6.07, 6.45) is 2.56. The highest BCUT2D eigenvalue weighted by Gasteiger charge is 2.20. The van der Waals surface area contributed by atoms with Crippen molar-refractivity contribution < 1.29 is 8.42 Å². The average molecular weight is 347 g/mol. The quantitative estimate of drug-likeness (QED) is 0.869. The molecule has 128 valence electrons. The van der Waals surface area contributed by atoms with Gasteiger partial charge in [-0.2, -0.15) is 4.98 Å². The van der Waals surface area contributed by atoms with Gasteiger partial charge in [0.2, 0.25) is 16.0 Å². The number of sulfonamides is 1. The number of primary sulfonamides is 1. The Kier molecular flexibility index (Phi) is 4.42. The lowest BCUT2D eigenvalue weighted by molar-refractivity contribution is 0.597. The fraction of sp³-hybridized carbons (Fsp3) is 0.375. The first-order chi connectivity index (χ1) is 11.3. The van der Waals surface area contributed by atoms with E-state index in [4.69, 9.17) is 5.14 Å². The molecule has 1 aliphatic heterocycles. The Morgan fingerprint density at radius 2 is 2.04 bits per heavy atom. The van der Waals surface area contributed by atoms with Gasteiger partial charge in [-0.05, 0) is 49.6 Å². The first-order valence-corrected chi connectivity index (χ1v) is 9.37. The van der Waals surface area contributed by atoms with Gasteiger partial charge in [-0.25, -0.2) is 18.5 Å². The molecule has 3 N–H and O–H groups in total. The number of benzene rings is 1. The van der Waals surface area contributed by atoms with Crippen LogP contribution in [-0.2, 0) is 23.0 Å². The second-order valence-electron chi connectivity index (χ2n) is 6.18. The number of nitrogens with zero attached hydrogens (tertiary/aromatic N) is 3. The van der Waals surface area contributed by atoms with Crippen LogP contribution in [0.15, 0.2) is 35.4 Å². The summed E-state index contributed by atoms with van der Waals surface area (Å²) in [6, 6.07) is 7.18. The van der Waals surface area contributed by atoms with Crippen LogP contribution in [0.25, 0.3) is 0 Å². The summed E-state index contributed by atoms with van der Waals surface area (Å²) in [6.45, 7) is 5.47. The lowest BCUT2D eigenvalue weighted by atomic mass is 10.00. The molecule has 0 aliphatic carbocycles. The predicted molar refractivity (Wildman–Crippen MR) is 93.4 cm³/mol. The summed E-state index contributed by atoms with van der Waals surface area (Å²) in [5, 5.41) is 8.42. The van der Waals surface area contributed by atoms with Crippen molar-refractivity contribution in [3.8, 4) is 0 Å². The van der Waals surface area contributed by atoms with Crippen LogP contribution in [0.2, 0.25) is 0 Å². The Morgan fingerprint density at radius 3 is 2.75 bits per heavy atom. The molecule has 1 aliphatic rings. The first-order valence-electron chi connectivity index (χ1n) is 7.82. The van der Waals surface area contributed by atoms with E-state index in [2.05, 4.69) is 20.2 Å². The topological polar surface area (TPSA) is 101 Å². The van der Waals surface area contributed by atoms with Crippen LogP contribution >= 0.6 is 0 Å². The molecule has 0 bridgehead atoms. The Labute approximate surface area is 142 Å². The maximum atomic E-state index is 11.6. The minimum absolute atomic E-state index is 0.146. The third kappa shape index (κ3) is 3.65. The first kappa shape index (κ1) is 16.7.